The number of nitrogens with zero attached hydrogens (tertiary/aromatic N) is 3. The summed E-state index contributed by atoms with van der Waals surface area (Å²) in [4.78, 5) is 18.1. The van der Waals surface area contributed by atoms with Crippen molar-refractivity contribution in [3.8, 4) is 0 Å². The first-order valence-corrected chi connectivity index (χ1v) is 11.6. The zero-order valence-corrected chi connectivity index (χ0v) is 15.2. The van der Waals surface area contributed by atoms with Crippen LogP contribution in [0.3, 0.4) is 0 Å². The normalized spacial score (nSPS) is 15.0. The van der Waals surface area contributed by atoms with Crippen LogP contribution in [0, 0.1) is 0 Å². The number of hydrogen-bond acceptors (Lipinski definition) is 3. The molecule has 2 aromatic heterocycles. The maximum atomic E-state index is 11.9. The first-order valence-electron chi connectivity index (χ1n) is 7.93. The largest absolute Gasteiger partial charge is 0.361 e. The van der Waals surface area contributed by atoms with Gasteiger partial charge in [0.25, 0.3) is 0 Å². The molecule has 3 rings (SSSR count). The molecule has 2 aromatic rings. The van der Waals surface area contributed by atoms with Gasteiger partial charge in [0, 0.05) is 51.6 Å². The Morgan fingerprint density at radius 2 is 2.17 bits per heavy atom. The number of amides is 2. The molecule has 0 spiro atoms. The van der Waals surface area contributed by atoms with Gasteiger partial charge in [-0.2, -0.15) is 0 Å². The molecular formula is C16H24N4O2Si. The van der Waals surface area contributed by atoms with Crippen LogP contribution in [-0.2, 0) is 18.0 Å². The second-order valence-electron chi connectivity index (χ2n) is 7.22. The Bertz CT molecular complexity index is 735. The Morgan fingerprint density at radius 3 is 2.91 bits per heavy atom. The van der Waals surface area contributed by atoms with Crippen molar-refractivity contribution in [3.63, 3.8) is 0 Å². The fourth-order valence-electron chi connectivity index (χ4n) is 2.73. The maximum absolute atomic E-state index is 11.9. The molecule has 2 amide bonds. The molecule has 0 saturated heterocycles. The summed E-state index contributed by atoms with van der Waals surface area (Å²) in [5.74, 6) is 0. The fraction of sp³-hybridized carbons (Fsp3) is 0.500. The first kappa shape index (κ1) is 16.0. The van der Waals surface area contributed by atoms with Gasteiger partial charge < -0.3 is 14.6 Å². The second kappa shape index (κ2) is 5.97. The number of hydrogen-bond donors (Lipinski definition) is 1. The molecule has 7 heteroatoms. The second-order valence-corrected chi connectivity index (χ2v) is 12.8. The van der Waals surface area contributed by atoms with E-state index in [9.17, 15) is 4.79 Å². The summed E-state index contributed by atoms with van der Waals surface area (Å²) in [7, 11) is 0.716. The van der Waals surface area contributed by atoms with E-state index in [1.165, 1.54) is 0 Å². The number of fused-ring (bicyclic) bond motifs is 3. The van der Waals surface area contributed by atoms with E-state index in [0.717, 1.165) is 34.9 Å². The predicted octanol–water partition coefficient (Wildman–Crippen LogP) is 3.01. The molecule has 0 bridgehead atoms. The lowest BCUT2D eigenvalue weighted by Crippen LogP contribution is -2.41. The lowest BCUT2D eigenvalue weighted by Gasteiger charge is -2.27. The minimum Gasteiger partial charge on any atom is -0.361 e. The topological polar surface area (TPSA) is 59.4 Å². The van der Waals surface area contributed by atoms with Crippen molar-refractivity contribution in [2.75, 3.05) is 18.6 Å². The van der Waals surface area contributed by atoms with E-state index in [0.29, 0.717) is 13.3 Å². The number of nitrogens with one attached hydrogen (secondary N) is 1. The lowest BCUT2D eigenvalue weighted by molar-refractivity contribution is 0.0899. The summed E-state index contributed by atoms with van der Waals surface area (Å²) >= 11 is 0. The molecule has 0 radical (unpaired) electrons. The van der Waals surface area contributed by atoms with E-state index >= 15 is 0 Å². The van der Waals surface area contributed by atoms with Crippen molar-refractivity contribution in [2.45, 2.75) is 39.0 Å². The summed E-state index contributed by atoms with van der Waals surface area (Å²) in [5.41, 5.74) is 2.84. The van der Waals surface area contributed by atoms with Crippen LogP contribution >= 0.6 is 0 Å². The van der Waals surface area contributed by atoms with Gasteiger partial charge in [0.2, 0.25) is 0 Å². The molecule has 6 nitrogen and oxygen atoms in total. The van der Waals surface area contributed by atoms with Crippen LogP contribution in [0.4, 0.5) is 10.5 Å². The molecule has 1 aliphatic heterocycles. The Hall–Kier alpha value is -1.86. The van der Waals surface area contributed by atoms with Crippen LogP contribution in [-0.4, -0.2) is 37.3 Å². The van der Waals surface area contributed by atoms with E-state index < -0.39 is 8.07 Å². The molecule has 1 N–H and O–H groups in total. The number of rotatable bonds is 5. The summed E-state index contributed by atoms with van der Waals surface area (Å²) < 4.78 is 7.82. The SMILES string of the molecule is CN1C(=O)NCc2cnc3c(ccn3COCC[Si](C)(C)C)c21. The van der Waals surface area contributed by atoms with Crippen LogP contribution in [0.5, 0.6) is 0 Å². The standard InChI is InChI=1S/C16H24N4O2Si/c1-19-14-12(10-18-16(19)21)9-17-15-13(14)5-6-20(15)11-22-7-8-23(2,3)4/h5-6,9H,7-8,10-11H2,1-4H3,(H,18,21). The number of carbonyl (C=O) groups is 1. The highest BCUT2D eigenvalue weighted by atomic mass is 28.3. The van der Waals surface area contributed by atoms with Crippen LogP contribution < -0.4 is 10.2 Å². The smallest absolute Gasteiger partial charge is 0.321 e. The molecule has 0 atom stereocenters. The van der Waals surface area contributed by atoms with Gasteiger partial charge in [0.1, 0.15) is 12.4 Å². The minimum atomic E-state index is -1.07. The van der Waals surface area contributed by atoms with E-state index in [4.69, 9.17) is 4.74 Å². The molecule has 3 heterocycles. The van der Waals surface area contributed by atoms with E-state index in [1.54, 1.807) is 11.9 Å². The highest BCUT2D eigenvalue weighted by Crippen LogP contribution is 2.31. The average Bonchev–Trinajstić information content (AvgIpc) is 2.89. The molecule has 124 valence electrons. The van der Waals surface area contributed by atoms with Gasteiger partial charge >= 0.3 is 6.03 Å². The van der Waals surface area contributed by atoms with Crippen molar-refractivity contribution in [1.29, 1.82) is 0 Å². The molecule has 23 heavy (non-hydrogen) atoms. The Balaban J connectivity index is 1.81. The molecule has 0 saturated carbocycles. The molecular weight excluding hydrogens is 308 g/mol. The van der Waals surface area contributed by atoms with Gasteiger partial charge in [-0.25, -0.2) is 9.78 Å². The Labute approximate surface area is 137 Å². The molecule has 0 aliphatic carbocycles. The first-order chi connectivity index (χ1) is 10.9. The zero-order chi connectivity index (χ0) is 16.6. The molecule has 0 aromatic carbocycles. The number of anilines is 1. The van der Waals surface area contributed by atoms with Crippen molar-refractivity contribution in [2.24, 2.45) is 0 Å². The van der Waals surface area contributed by atoms with Crippen LogP contribution in [0.15, 0.2) is 18.5 Å². The van der Waals surface area contributed by atoms with Crippen molar-refractivity contribution in [1.82, 2.24) is 14.9 Å². The van der Waals surface area contributed by atoms with Gasteiger partial charge in [0.05, 0.1) is 5.69 Å². The highest BCUT2D eigenvalue weighted by molar-refractivity contribution is 6.76. The van der Waals surface area contributed by atoms with E-state index in [2.05, 4.69) is 29.9 Å². The predicted molar refractivity (Wildman–Crippen MR) is 94.5 cm³/mol. The van der Waals surface area contributed by atoms with Crippen LogP contribution in [0.25, 0.3) is 11.0 Å². The Kier molecular flexibility index (Phi) is 4.16. The van der Waals surface area contributed by atoms with E-state index in [-0.39, 0.29) is 6.03 Å². The maximum Gasteiger partial charge on any atom is 0.321 e. The van der Waals surface area contributed by atoms with Gasteiger partial charge in [-0.05, 0) is 12.1 Å². The third-order valence-corrected chi connectivity index (χ3v) is 5.84. The summed E-state index contributed by atoms with van der Waals surface area (Å²) in [6.45, 7) is 8.83. The third kappa shape index (κ3) is 3.25. The number of pyridine rings is 1. The fourth-order valence-corrected chi connectivity index (χ4v) is 3.48. The average molecular weight is 332 g/mol. The number of ether oxygens (including phenoxy) is 1. The highest BCUT2D eigenvalue weighted by Gasteiger charge is 2.24. The summed E-state index contributed by atoms with van der Waals surface area (Å²) in [6.07, 6.45) is 3.82. The van der Waals surface area contributed by atoms with Gasteiger partial charge in [-0.1, -0.05) is 19.6 Å². The number of aromatic nitrogens is 2. The van der Waals surface area contributed by atoms with Gasteiger partial charge in [-0.3, -0.25) is 4.90 Å². The van der Waals surface area contributed by atoms with Gasteiger partial charge in [0.15, 0.2) is 0 Å². The summed E-state index contributed by atoms with van der Waals surface area (Å²) in [5, 5.41) is 3.83. The molecule has 1 aliphatic rings. The third-order valence-electron chi connectivity index (χ3n) is 4.13. The quantitative estimate of drug-likeness (QED) is 0.676. The van der Waals surface area contributed by atoms with E-state index in [1.807, 2.05) is 23.0 Å². The Morgan fingerprint density at radius 1 is 1.39 bits per heavy atom. The zero-order valence-electron chi connectivity index (χ0n) is 14.2. The minimum absolute atomic E-state index is 0.0795. The van der Waals surface area contributed by atoms with Crippen LogP contribution in [0.1, 0.15) is 5.56 Å². The van der Waals surface area contributed by atoms with Crippen molar-refractivity contribution in [3.05, 3.63) is 24.0 Å². The monoisotopic (exact) mass is 332 g/mol. The molecule has 0 fully saturated rings. The summed E-state index contributed by atoms with van der Waals surface area (Å²) in [6, 6.07) is 3.08. The van der Waals surface area contributed by atoms with Crippen molar-refractivity contribution >= 4 is 30.8 Å². The molecule has 0 unspecified atom stereocenters. The van der Waals surface area contributed by atoms with Gasteiger partial charge in [-0.15, -0.1) is 0 Å². The van der Waals surface area contributed by atoms with Crippen LogP contribution in [0.2, 0.25) is 25.7 Å². The number of carbonyl (C=O) groups excluding carboxylic acids is 1. The number of urea groups is 1. The lowest BCUT2D eigenvalue weighted by atomic mass is 10.1. The van der Waals surface area contributed by atoms with Crippen molar-refractivity contribution < 1.29 is 9.53 Å².